The molecule has 0 atom stereocenters. The highest BCUT2D eigenvalue weighted by atomic mass is 32.1. The van der Waals surface area contributed by atoms with Crippen molar-refractivity contribution in [2.75, 3.05) is 32.7 Å². The average Bonchev–Trinajstić information content (AvgIpc) is 3.04. The molecular weight excluding hydrogens is 304 g/mol. The van der Waals surface area contributed by atoms with Gasteiger partial charge in [-0.15, -0.1) is 11.3 Å². The van der Waals surface area contributed by atoms with E-state index < -0.39 is 0 Å². The Bertz CT molecular complexity index is 602. The van der Waals surface area contributed by atoms with Crippen molar-refractivity contribution >= 4 is 11.3 Å². The smallest absolute Gasteiger partial charge is 0.107 e. The molecule has 0 spiro atoms. The van der Waals surface area contributed by atoms with Crippen LogP contribution in [0.5, 0.6) is 0 Å². The van der Waals surface area contributed by atoms with E-state index in [1.54, 1.807) is 11.3 Å². The maximum Gasteiger partial charge on any atom is 0.107 e. The summed E-state index contributed by atoms with van der Waals surface area (Å²) >= 11 is 1.78. The Balaban J connectivity index is 1.54. The monoisotopic (exact) mass is 330 g/mol. The number of aromatic nitrogens is 1. The van der Waals surface area contributed by atoms with E-state index in [2.05, 4.69) is 58.6 Å². The molecular formula is C18H26N4S. The molecule has 1 aliphatic rings. The van der Waals surface area contributed by atoms with Crippen LogP contribution in [-0.2, 0) is 6.54 Å². The molecule has 2 heterocycles. The van der Waals surface area contributed by atoms with Crippen LogP contribution in [0.3, 0.4) is 0 Å². The van der Waals surface area contributed by atoms with Gasteiger partial charge in [0.2, 0.25) is 0 Å². The van der Waals surface area contributed by atoms with Gasteiger partial charge in [0.15, 0.2) is 0 Å². The van der Waals surface area contributed by atoms with Crippen molar-refractivity contribution in [1.82, 2.24) is 20.5 Å². The van der Waals surface area contributed by atoms with Crippen LogP contribution in [0.25, 0.3) is 10.4 Å². The third-order valence-electron chi connectivity index (χ3n) is 4.16. The van der Waals surface area contributed by atoms with Gasteiger partial charge in [-0.2, -0.15) is 0 Å². The first kappa shape index (κ1) is 16.6. The van der Waals surface area contributed by atoms with Crippen molar-refractivity contribution in [1.29, 1.82) is 0 Å². The minimum absolute atomic E-state index is 0.0932. The quantitative estimate of drug-likeness (QED) is 0.854. The predicted octanol–water partition coefficient (Wildman–Crippen LogP) is 2.58. The second-order valence-electron chi connectivity index (χ2n) is 6.75. The van der Waals surface area contributed by atoms with Crippen molar-refractivity contribution < 1.29 is 0 Å². The number of rotatable bonds is 6. The Morgan fingerprint density at radius 3 is 2.70 bits per heavy atom. The van der Waals surface area contributed by atoms with Crippen molar-refractivity contribution in [3.8, 4) is 10.4 Å². The Hall–Kier alpha value is -1.27. The zero-order valence-corrected chi connectivity index (χ0v) is 14.8. The molecule has 1 aromatic carbocycles. The molecule has 1 aliphatic heterocycles. The van der Waals surface area contributed by atoms with Gasteiger partial charge in [-0.25, -0.2) is 4.98 Å². The van der Waals surface area contributed by atoms with Gasteiger partial charge >= 0.3 is 0 Å². The Kier molecular flexibility index (Phi) is 5.43. The first-order valence-corrected chi connectivity index (χ1v) is 9.12. The summed E-state index contributed by atoms with van der Waals surface area (Å²) in [5.74, 6) is 0. The van der Waals surface area contributed by atoms with Crippen molar-refractivity contribution in [3.63, 3.8) is 0 Å². The average molecular weight is 331 g/mol. The van der Waals surface area contributed by atoms with Gasteiger partial charge < -0.3 is 10.6 Å². The summed E-state index contributed by atoms with van der Waals surface area (Å²) in [6.07, 6.45) is 1.99. The molecule has 2 aromatic rings. The van der Waals surface area contributed by atoms with Crippen LogP contribution >= 0.6 is 11.3 Å². The molecule has 0 saturated carbocycles. The van der Waals surface area contributed by atoms with Gasteiger partial charge in [-0.1, -0.05) is 30.3 Å². The van der Waals surface area contributed by atoms with Crippen LogP contribution in [0.2, 0.25) is 0 Å². The van der Waals surface area contributed by atoms with Crippen LogP contribution in [0.1, 0.15) is 18.9 Å². The van der Waals surface area contributed by atoms with E-state index in [1.165, 1.54) is 10.4 Å². The maximum absolute atomic E-state index is 4.57. The van der Waals surface area contributed by atoms with Crippen molar-refractivity contribution in [3.05, 3.63) is 41.5 Å². The number of nitrogens with one attached hydrogen (secondary N) is 2. The molecule has 2 N–H and O–H groups in total. The van der Waals surface area contributed by atoms with Crippen LogP contribution < -0.4 is 10.6 Å². The van der Waals surface area contributed by atoms with Crippen molar-refractivity contribution in [2.24, 2.45) is 0 Å². The van der Waals surface area contributed by atoms with E-state index in [4.69, 9.17) is 0 Å². The normalized spacial score (nSPS) is 16.6. The summed E-state index contributed by atoms with van der Waals surface area (Å²) in [6.45, 7) is 10.9. The van der Waals surface area contributed by atoms with Crippen LogP contribution in [0, 0.1) is 0 Å². The van der Waals surface area contributed by atoms with Gasteiger partial charge in [-0.05, 0) is 19.4 Å². The molecule has 0 bridgehead atoms. The SMILES string of the molecule is CC(C)(CN1CCNCC1)NCc1ncc(-c2ccccc2)s1. The zero-order valence-electron chi connectivity index (χ0n) is 14.0. The minimum atomic E-state index is 0.0932. The summed E-state index contributed by atoms with van der Waals surface area (Å²) in [6, 6.07) is 10.5. The third kappa shape index (κ3) is 4.85. The Morgan fingerprint density at radius 1 is 1.22 bits per heavy atom. The number of hydrogen-bond acceptors (Lipinski definition) is 5. The molecule has 1 fully saturated rings. The summed E-state index contributed by atoms with van der Waals surface area (Å²) in [4.78, 5) is 8.34. The van der Waals surface area contributed by atoms with Gasteiger partial charge in [0, 0.05) is 51.0 Å². The molecule has 5 heteroatoms. The maximum atomic E-state index is 4.57. The molecule has 23 heavy (non-hydrogen) atoms. The number of hydrogen-bond donors (Lipinski definition) is 2. The molecule has 0 radical (unpaired) electrons. The summed E-state index contributed by atoms with van der Waals surface area (Å²) in [5.41, 5.74) is 1.34. The number of benzene rings is 1. The Morgan fingerprint density at radius 2 is 1.96 bits per heavy atom. The van der Waals surface area contributed by atoms with E-state index in [9.17, 15) is 0 Å². The topological polar surface area (TPSA) is 40.2 Å². The molecule has 0 amide bonds. The first-order valence-electron chi connectivity index (χ1n) is 8.31. The zero-order chi connectivity index (χ0) is 16.1. The Labute approximate surface area is 142 Å². The molecule has 0 unspecified atom stereocenters. The van der Waals surface area contributed by atoms with E-state index >= 15 is 0 Å². The van der Waals surface area contributed by atoms with Gasteiger partial charge in [-0.3, -0.25) is 4.90 Å². The number of thiazole rings is 1. The van der Waals surface area contributed by atoms with Crippen LogP contribution in [-0.4, -0.2) is 48.1 Å². The highest BCUT2D eigenvalue weighted by Gasteiger charge is 2.22. The van der Waals surface area contributed by atoms with Gasteiger partial charge in [0.05, 0.1) is 4.88 Å². The highest BCUT2D eigenvalue weighted by molar-refractivity contribution is 7.15. The lowest BCUT2D eigenvalue weighted by molar-refractivity contribution is 0.180. The van der Waals surface area contributed by atoms with E-state index in [0.717, 1.165) is 44.3 Å². The van der Waals surface area contributed by atoms with Gasteiger partial charge in [0.1, 0.15) is 5.01 Å². The fourth-order valence-corrected chi connectivity index (χ4v) is 3.79. The predicted molar refractivity (Wildman–Crippen MR) is 97.8 cm³/mol. The molecule has 3 rings (SSSR count). The lowest BCUT2D eigenvalue weighted by Crippen LogP contribution is -2.53. The largest absolute Gasteiger partial charge is 0.314 e. The van der Waals surface area contributed by atoms with Crippen LogP contribution in [0.15, 0.2) is 36.5 Å². The van der Waals surface area contributed by atoms with E-state index in [-0.39, 0.29) is 5.54 Å². The van der Waals surface area contributed by atoms with Crippen molar-refractivity contribution in [2.45, 2.75) is 25.9 Å². The molecule has 4 nitrogen and oxygen atoms in total. The number of piperazine rings is 1. The summed E-state index contributed by atoms with van der Waals surface area (Å²) in [7, 11) is 0. The summed E-state index contributed by atoms with van der Waals surface area (Å²) < 4.78 is 0. The first-order chi connectivity index (χ1) is 11.1. The molecule has 124 valence electrons. The fourth-order valence-electron chi connectivity index (χ4n) is 2.93. The molecule has 0 aliphatic carbocycles. The second kappa shape index (κ2) is 7.53. The lowest BCUT2D eigenvalue weighted by Gasteiger charge is -2.35. The van der Waals surface area contributed by atoms with E-state index in [1.807, 2.05) is 12.3 Å². The van der Waals surface area contributed by atoms with E-state index in [0.29, 0.717) is 0 Å². The minimum Gasteiger partial charge on any atom is -0.314 e. The lowest BCUT2D eigenvalue weighted by atomic mass is 10.0. The molecule has 1 aromatic heterocycles. The molecule has 1 saturated heterocycles. The summed E-state index contributed by atoms with van der Waals surface area (Å²) in [5, 5.41) is 8.23. The standard InChI is InChI=1S/C18H26N4S/c1-18(2,14-22-10-8-19-9-11-22)21-13-17-20-12-16(23-17)15-6-4-3-5-7-15/h3-7,12,19,21H,8-11,13-14H2,1-2H3. The number of nitrogens with zero attached hydrogens (tertiary/aromatic N) is 2. The third-order valence-corrected chi connectivity index (χ3v) is 5.20. The fraction of sp³-hybridized carbons (Fsp3) is 0.500. The van der Waals surface area contributed by atoms with Gasteiger partial charge in [0.25, 0.3) is 0 Å². The highest BCUT2D eigenvalue weighted by Crippen LogP contribution is 2.25. The van der Waals surface area contributed by atoms with Crippen LogP contribution in [0.4, 0.5) is 0 Å². The second-order valence-corrected chi connectivity index (χ2v) is 7.86.